The van der Waals surface area contributed by atoms with Crippen LogP contribution in [-0.2, 0) is 4.79 Å². The molecule has 0 aromatic heterocycles. The zero-order chi connectivity index (χ0) is 7.86. The molecule has 9 heavy (non-hydrogen) atoms. The Hall–Kier alpha value is -1.52. The number of carboxylic acid groups (broad SMARTS) is 1. The minimum atomic E-state index is -0.981. The van der Waals surface area contributed by atoms with Gasteiger partial charge in [0.1, 0.15) is 0 Å². The summed E-state index contributed by atoms with van der Waals surface area (Å²) in [4.78, 5) is 18.2. The Labute approximate surface area is 51.9 Å². The predicted molar refractivity (Wildman–Crippen MR) is 31.6 cm³/mol. The number of rotatable bonds is 1. The van der Waals surface area contributed by atoms with Gasteiger partial charge in [0.25, 0.3) is 0 Å². The molecule has 5 heteroatoms. The third kappa shape index (κ3) is 564. The van der Waals surface area contributed by atoms with Crippen molar-refractivity contribution in [1.82, 2.24) is 0 Å². The van der Waals surface area contributed by atoms with Gasteiger partial charge in [0.05, 0.1) is 0 Å². The maximum Gasteiger partial charge on any atom is 0.327 e. The highest BCUT2D eigenvalue weighted by molar-refractivity contribution is 5.78. The van der Waals surface area contributed by atoms with Crippen molar-refractivity contribution in [3.8, 4) is 0 Å². The number of hydrogen-bond donors (Lipinski definition) is 3. The lowest BCUT2D eigenvalue weighted by Crippen LogP contribution is -2.18. The van der Waals surface area contributed by atoms with E-state index >= 15 is 0 Å². The molecule has 0 fully saturated rings. The summed E-state index contributed by atoms with van der Waals surface area (Å²) < 4.78 is 0. The molecule has 5 nitrogen and oxygen atoms in total. The Morgan fingerprint density at radius 3 is 1.56 bits per heavy atom. The van der Waals surface area contributed by atoms with Crippen LogP contribution in [0, 0.1) is 0 Å². The predicted octanol–water partition coefficient (Wildman–Crippen LogP) is -0.719. The van der Waals surface area contributed by atoms with Crippen LogP contribution in [-0.4, -0.2) is 17.1 Å². The molecule has 0 heterocycles. The first-order valence-electron chi connectivity index (χ1n) is 1.91. The van der Waals surface area contributed by atoms with Crippen LogP contribution in [0.4, 0.5) is 4.79 Å². The van der Waals surface area contributed by atoms with Crippen LogP contribution in [0.2, 0.25) is 0 Å². The summed E-state index contributed by atoms with van der Waals surface area (Å²) in [6.45, 7) is 2.96. The lowest BCUT2D eigenvalue weighted by Gasteiger charge is -1.64. The monoisotopic (exact) mass is 132 g/mol. The number of carboxylic acids is 1. The van der Waals surface area contributed by atoms with Crippen LogP contribution in [0.25, 0.3) is 0 Å². The molecular weight excluding hydrogens is 124 g/mol. The molecule has 0 bridgehead atoms. The summed E-state index contributed by atoms with van der Waals surface area (Å²) in [6, 6.07) is -0.833. The third-order valence-electron chi connectivity index (χ3n) is 0.175. The first-order valence-corrected chi connectivity index (χ1v) is 1.91. The van der Waals surface area contributed by atoms with Gasteiger partial charge in [-0.05, 0) is 0 Å². The SMILES string of the molecule is C=CC(=O)O.NC(N)=O. The number of hydrogen-bond acceptors (Lipinski definition) is 2. The average Bonchev–Trinajstić information content (AvgIpc) is 1.65. The fourth-order valence-corrected chi connectivity index (χ4v) is 0. The van der Waals surface area contributed by atoms with Crippen molar-refractivity contribution < 1.29 is 14.7 Å². The first-order chi connectivity index (χ1) is 4.00. The molecular formula is C4H8N2O3. The van der Waals surface area contributed by atoms with Gasteiger partial charge < -0.3 is 16.6 Å². The van der Waals surface area contributed by atoms with Crippen molar-refractivity contribution in [2.24, 2.45) is 11.5 Å². The third-order valence-corrected chi connectivity index (χ3v) is 0.175. The van der Waals surface area contributed by atoms with Gasteiger partial charge in [-0.3, -0.25) is 0 Å². The molecule has 2 amide bonds. The maximum atomic E-state index is 9.25. The molecule has 0 aromatic carbocycles. The summed E-state index contributed by atoms with van der Waals surface area (Å²) >= 11 is 0. The van der Waals surface area contributed by atoms with Gasteiger partial charge in [0, 0.05) is 6.08 Å². The number of amides is 2. The van der Waals surface area contributed by atoms with Gasteiger partial charge in [0.15, 0.2) is 0 Å². The van der Waals surface area contributed by atoms with Crippen molar-refractivity contribution in [1.29, 1.82) is 0 Å². The van der Waals surface area contributed by atoms with Crippen molar-refractivity contribution in [2.45, 2.75) is 0 Å². The van der Waals surface area contributed by atoms with E-state index in [-0.39, 0.29) is 0 Å². The van der Waals surface area contributed by atoms with Crippen molar-refractivity contribution in [3.05, 3.63) is 12.7 Å². The number of carbonyl (C=O) groups is 2. The minimum absolute atomic E-state index is 0.833. The average molecular weight is 132 g/mol. The lowest BCUT2D eigenvalue weighted by atomic mass is 10.7. The second-order valence-electron chi connectivity index (χ2n) is 0.945. The van der Waals surface area contributed by atoms with Crippen LogP contribution in [0.5, 0.6) is 0 Å². The van der Waals surface area contributed by atoms with E-state index in [2.05, 4.69) is 18.0 Å². The molecule has 0 aliphatic rings. The zero-order valence-electron chi connectivity index (χ0n) is 4.70. The number of primary amides is 2. The fourth-order valence-electron chi connectivity index (χ4n) is 0. The van der Waals surface area contributed by atoms with Crippen LogP contribution >= 0.6 is 0 Å². The molecule has 0 aliphatic carbocycles. The first kappa shape index (κ1) is 10.5. The van der Waals surface area contributed by atoms with E-state index < -0.39 is 12.0 Å². The van der Waals surface area contributed by atoms with Gasteiger partial charge in [-0.25, -0.2) is 9.59 Å². The Morgan fingerprint density at radius 1 is 1.44 bits per heavy atom. The highest BCUT2D eigenvalue weighted by Gasteiger charge is 1.73. The largest absolute Gasteiger partial charge is 0.478 e. The van der Waals surface area contributed by atoms with E-state index in [1.54, 1.807) is 0 Å². The molecule has 0 radical (unpaired) electrons. The second kappa shape index (κ2) is 6.48. The molecule has 0 unspecified atom stereocenters. The molecule has 0 atom stereocenters. The molecule has 0 saturated carbocycles. The molecule has 0 saturated heterocycles. The highest BCUT2D eigenvalue weighted by Crippen LogP contribution is 1.54. The van der Waals surface area contributed by atoms with Crippen LogP contribution < -0.4 is 11.5 Å². The minimum Gasteiger partial charge on any atom is -0.478 e. The van der Waals surface area contributed by atoms with E-state index in [0.717, 1.165) is 6.08 Å². The lowest BCUT2D eigenvalue weighted by molar-refractivity contribution is -0.131. The van der Waals surface area contributed by atoms with Gasteiger partial charge in [0.2, 0.25) is 0 Å². The summed E-state index contributed by atoms with van der Waals surface area (Å²) in [7, 11) is 0. The molecule has 0 rings (SSSR count). The van der Waals surface area contributed by atoms with Crippen LogP contribution in [0.1, 0.15) is 0 Å². The summed E-state index contributed by atoms with van der Waals surface area (Å²) in [5.74, 6) is -0.981. The Morgan fingerprint density at radius 2 is 1.56 bits per heavy atom. The smallest absolute Gasteiger partial charge is 0.327 e. The van der Waals surface area contributed by atoms with Crippen molar-refractivity contribution >= 4 is 12.0 Å². The fraction of sp³-hybridized carbons (Fsp3) is 0. The van der Waals surface area contributed by atoms with Gasteiger partial charge in [-0.2, -0.15) is 0 Å². The number of urea groups is 1. The molecule has 52 valence electrons. The van der Waals surface area contributed by atoms with Crippen LogP contribution in [0.3, 0.4) is 0 Å². The molecule has 0 spiro atoms. The Balaban J connectivity index is 0. The standard InChI is InChI=1S/C3H4O2.CH4N2O/c1-2-3(4)5;2-1(3)4/h2H,1H2,(H,4,5);(H4,2,3,4). The summed E-state index contributed by atoms with van der Waals surface area (Å²) in [6.07, 6.45) is 0.833. The Bertz CT molecular complexity index is 117. The van der Waals surface area contributed by atoms with E-state index in [0.29, 0.717) is 0 Å². The number of nitrogens with two attached hydrogens (primary N) is 2. The van der Waals surface area contributed by atoms with Gasteiger partial charge in [-0.15, -0.1) is 0 Å². The van der Waals surface area contributed by atoms with Crippen molar-refractivity contribution in [3.63, 3.8) is 0 Å². The number of aliphatic carboxylic acids is 1. The summed E-state index contributed by atoms with van der Waals surface area (Å²) in [5.41, 5.74) is 8.50. The van der Waals surface area contributed by atoms with Gasteiger partial charge in [-0.1, -0.05) is 6.58 Å². The quantitative estimate of drug-likeness (QED) is 0.410. The van der Waals surface area contributed by atoms with E-state index in [1.807, 2.05) is 0 Å². The zero-order valence-corrected chi connectivity index (χ0v) is 4.70. The summed E-state index contributed by atoms with van der Waals surface area (Å²) in [5, 5.41) is 7.60. The number of carbonyl (C=O) groups excluding carboxylic acids is 1. The van der Waals surface area contributed by atoms with Crippen LogP contribution in [0.15, 0.2) is 12.7 Å². The van der Waals surface area contributed by atoms with E-state index in [9.17, 15) is 4.79 Å². The maximum absolute atomic E-state index is 9.25. The van der Waals surface area contributed by atoms with E-state index in [4.69, 9.17) is 9.90 Å². The molecule has 0 aliphatic heterocycles. The normalized spacial score (nSPS) is 6.22. The highest BCUT2D eigenvalue weighted by atomic mass is 16.4. The van der Waals surface area contributed by atoms with Gasteiger partial charge >= 0.3 is 12.0 Å². The Kier molecular flexibility index (Phi) is 7.53. The second-order valence-corrected chi connectivity index (χ2v) is 0.945. The molecule has 5 N–H and O–H groups in total. The topological polar surface area (TPSA) is 106 Å². The molecule has 0 aromatic rings. The van der Waals surface area contributed by atoms with E-state index in [1.165, 1.54) is 0 Å². The van der Waals surface area contributed by atoms with Crippen molar-refractivity contribution in [2.75, 3.05) is 0 Å².